The molecular formula is C29H29N5O6. The fraction of sp³-hybridized carbons (Fsp3) is 0.207. The van der Waals surface area contributed by atoms with Gasteiger partial charge in [-0.25, -0.2) is 15.1 Å². The lowest BCUT2D eigenvalue weighted by Gasteiger charge is -2.38. The molecule has 206 valence electrons. The number of hydrogen-bond donors (Lipinski definition) is 2. The van der Waals surface area contributed by atoms with E-state index in [1.807, 2.05) is 84.9 Å². The van der Waals surface area contributed by atoms with Gasteiger partial charge in [-0.15, -0.1) is 0 Å². The van der Waals surface area contributed by atoms with Crippen molar-refractivity contribution in [2.24, 2.45) is 0 Å². The molecule has 3 aromatic carbocycles. The van der Waals surface area contributed by atoms with Crippen LogP contribution in [0.5, 0.6) is 5.75 Å². The van der Waals surface area contributed by atoms with Crippen molar-refractivity contribution in [3.63, 3.8) is 0 Å². The molecule has 1 amide bonds. The predicted octanol–water partition coefficient (Wildman–Crippen LogP) is 2.97. The summed E-state index contributed by atoms with van der Waals surface area (Å²) >= 11 is 0. The molecule has 4 aromatic rings. The highest BCUT2D eigenvalue weighted by Gasteiger charge is 2.36. The van der Waals surface area contributed by atoms with E-state index in [2.05, 4.69) is 10.3 Å². The lowest BCUT2D eigenvalue weighted by molar-refractivity contribution is -0.543. The van der Waals surface area contributed by atoms with Gasteiger partial charge in [0.05, 0.1) is 31.5 Å². The molecule has 0 fully saturated rings. The Hall–Kier alpha value is -5.03. The number of aliphatic carboxylic acids is 1. The summed E-state index contributed by atoms with van der Waals surface area (Å²) in [5.41, 5.74) is 1.94. The highest BCUT2D eigenvalue weighted by molar-refractivity contribution is 5.82. The normalized spacial score (nSPS) is 11.1. The number of amides is 1. The van der Waals surface area contributed by atoms with E-state index in [9.17, 15) is 24.8 Å². The van der Waals surface area contributed by atoms with Gasteiger partial charge < -0.3 is 14.7 Å². The summed E-state index contributed by atoms with van der Waals surface area (Å²) in [5, 5.41) is 23.6. The number of carbonyl (C=O) groups excluding carboxylic acids is 1. The first kappa shape index (κ1) is 28.0. The van der Waals surface area contributed by atoms with Gasteiger partial charge in [-0.3, -0.25) is 14.9 Å². The molecule has 0 spiro atoms. The molecule has 0 saturated heterocycles. The van der Waals surface area contributed by atoms with Crippen LogP contribution >= 0.6 is 0 Å². The average molecular weight is 544 g/mol. The van der Waals surface area contributed by atoms with Gasteiger partial charge in [-0.1, -0.05) is 77.5 Å². The molecule has 2 N–H and O–H groups in total. The third-order valence-electron chi connectivity index (χ3n) is 6.57. The number of nitrogens with one attached hydrogen (secondary N) is 1. The fourth-order valence-corrected chi connectivity index (χ4v) is 4.71. The summed E-state index contributed by atoms with van der Waals surface area (Å²) in [6.45, 7) is -0.327. The topological polar surface area (TPSA) is 140 Å². The zero-order valence-electron chi connectivity index (χ0n) is 21.8. The van der Waals surface area contributed by atoms with E-state index in [-0.39, 0.29) is 18.9 Å². The smallest absolute Gasteiger partial charge is 0.323 e. The van der Waals surface area contributed by atoms with E-state index >= 15 is 0 Å². The third-order valence-corrected chi connectivity index (χ3v) is 6.57. The van der Waals surface area contributed by atoms with Gasteiger partial charge in [0.15, 0.2) is 10.9 Å². The van der Waals surface area contributed by atoms with Crippen LogP contribution in [0.1, 0.15) is 22.5 Å². The Balaban J connectivity index is 1.67. The van der Waals surface area contributed by atoms with E-state index in [1.54, 1.807) is 7.11 Å². The lowest BCUT2D eigenvalue weighted by atomic mass is 9.77. The van der Waals surface area contributed by atoms with Crippen LogP contribution in [0.4, 0.5) is 0 Å². The highest BCUT2D eigenvalue weighted by atomic mass is 16.7. The van der Waals surface area contributed by atoms with Crippen LogP contribution in [0, 0.1) is 10.1 Å². The minimum atomic E-state index is -1.20. The molecule has 0 radical (unpaired) electrons. The van der Waals surface area contributed by atoms with Gasteiger partial charge in [-0.2, -0.15) is 0 Å². The van der Waals surface area contributed by atoms with Crippen molar-refractivity contribution in [2.45, 2.75) is 12.0 Å². The van der Waals surface area contributed by atoms with Crippen LogP contribution in [-0.2, 0) is 21.5 Å². The van der Waals surface area contributed by atoms with Gasteiger partial charge in [0, 0.05) is 13.1 Å². The van der Waals surface area contributed by atoms with Crippen LogP contribution in [0.3, 0.4) is 0 Å². The molecule has 40 heavy (non-hydrogen) atoms. The molecule has 1 aromatic heterocycles. The second-order valence-corrected chi connectivity index (χ2v) is 8.95. The maximum absolute atomic E-state index is 13.1. The van der Waals surface area contributed by atoms with Crippen molar-refractivity contribution >= 4 is 11.9 Å². The molecule has 0 aliphatic heterocycles. The fourth-order valence-electron chi connectivity index (χ4n) is 4.71. The van der Waals surface area contributed by atoms with E-state index < -0.39 is 35.4 Å². The number of ether oxygens (including phenoxy) is 1. The third kappa shape index (κ3) is 6.16. The second-order valence-electron chi connectivity index (χ2n) is 8.95. The minimum absolute atomic E-state index is 0.0296. The highest BCUT2D eigenvalue weighted by Crippen LogP contribution is 2.37. The number of carbonyl (C=O) groups is 2. The standard InChI is InChI=1S/C29H29N5O6/c1-40-25-14-12-24(13-15-25)29(22-8-4-2-5-9-22,23-10-6-3-7-11-23)31-17-18-32(21-28(36)37)27(35)20-26-30-16-19-33(26)34(38)39/h2-16,19,31H,17-18,20-21H2,1H3,(H,36,37). The molecule has 4 rings (SSSR count). The number of carboxylic acid groups (broad SMARTS) is 1. The summed E-state index contributed by atoms with van der Waals surface area (Å²) in [4.78, 5) is 41.0. The number of hydrogen-bond acceptors (Lipinski definition) is 7. The van der Waals surface area contributed by atoms with Gasteiger partial charge >= 0.3 is 5.97 Å². The van der Waals surface area contributed by atoms with Crippen molar-refractivity contribution in [2.75, 3.05) is 26.7 Å². The molecule has 11 nitrogen and oxygen atoms in total. The average Bonchev–Trinajstić information content (AvgIpc) is 3.44. The first-order valence-corrected chi connectivity index (χ1v) is 12.5. The van der Waals surface area contributed by atoms with E-state index in [0.717, 1.165) is 27.8 Å². The van der Waals surface area contributed by atoms with Crippen LogP contribution in [0.15, 0.2) is 97.3 Å². The molecule has 11 heteroatoms. The van der Waals surface area contributed by atoms with Crippen molar-refractivity contribution in [1.29, 1.82) is 0 Å². The first-order valence-electron chi connectivity index (χ1n) is 12.5. The summed E-state index contributed by atoms with van der Waals surface area (Å²) in [6.07, 6.45) is 1.94. The molecule has 1 heterocycles. The van der Waals surface area contributed by atoms with Gasteiger partial charge in [0.1, 0.15) is 12.3 Å². The largest absolute Gasteiger partial charge is 0.497 e. The number of nitrogens with zero attached hydrogens (tertiary/aromatic N) is 4. The maximum Gasteiger partial charge on any atom is 0.323 e. The van der Waals surface area contributed by atoms with Gasteiger partial charge in [-0.05, 0) is 28.8 Å². The van der Waals surface area contributed by atoms with Crippen molar-refractivity contribution in [3.8, 4) is 5.75 Å². The number of rotatable bonds is 13. The first-order chi connectivity index (χ1) is 19.3. The molecule has 0 saturated carbocycles. The molecule has 0 atom stereocenters. The molecular weight excluding hydrogens is 514 g/mol. The number of benzene rings is 3. The number of imidazole rings is 1. The van der Waals surface area contributed by atoms with E-state index in [4.69, 9.17) is 4.74 Å². The van der Waals surface area contributed by atoms with E-state index in [1.165, 1.54) is 6.20 Å². The summed E-state index contributed by atoms with van der Waals surface area (Å²) in [7, 11) is 1.60. The Kier molecular flexibility index (Phi) is 8.87. The van der Waals surface area contributed by atoms with Crippen LogP contribution < -0.4 is 10.1 Å². The number of methoxy groups -OCH3 is 1. The van der Waals surface area contributed by atoms with Crippen molar-refractivity contribution < 1.29 is 24.5 Å². The predicted molar refractivity (Wildman–Crippen MR) is 146 cm³/mol. The van der Waals surface area contributed by atoms with Gasteiger partial charge in [0.2, 0.25) is 5.91 Å². The number of aromatic nitrogens is 2. The molecule has 0 bridgehead atoms. The maximum atomic E-state index is 13.1. The van der Waals surface area contributed by atoms with Crippen LogP contribution in [0.2, 0.25) is 0 Å². The molecule has 0 unspecified atom stereocenters. The zero-order chi connectivity index (χ0) is 28.5. The van der Waals surface area contributed by atoms with Crippen molar-refractivity contribution in [3.05, 3.63) is 130 Å². The Labute approximate surface area is 230 Å². The Morgan fingerprint density at radius 1 is 1.00 bits per heavy atom. The second kappa shape index (κ2) is 12.7. The number of carboxylic acids is 1. The number of nitro groups is 1. The Morgan fingerprint density at radius 3 is 2.10 bits per heavy atom. The Bertz CT molecular complexity index is 1400. The molecule has 0 aliphatic carbocycles. The van der Waals surface area contributed by atoms with Gasteiger partial charge in [0.25, 0.3) is 0 Å². The Morgan fingerprint density at radius 2 is 1.57 bits per heavy atom. The SMILES string of the molecule is COc1ccc(C(NCCN(CC(=O)O)C(=O)Cc2nccn2[N+](=O)[O-])(c2ccccc2)c2ccccc2)cc1. The molecule has 0 aliphatic rings. The minimum Gasteiger partial charge on any atom is -0.497 e. The van der Waals surface area contributed by atoms with Crippen LogP contribution in [0.25, 0.3) is 0 Å². The lowest BCUT2D eigenvalue weighted by Crippen LogP contribution is -2.49. The summed E-state index contributed by atoms with van der Waals surface area (Å²) < 4.78 is 6.01. The van der Waals surface area contributed by atoms with Crippen LogP contribution in [-0.4, -0.2) is 63.3 Å². The zero-order valence-corrected chi connectivity index (χ0v) is 21.8. The quantitative estimate of drug-likeness (QED) is 0.149. The summed E-state index contributed by atoms with van der Waals surface area (Å²) in [6, 6.07) is 27.3. The monoisotopic (exact) mass is 543 g/mol. The summed E-state index contributed by atoms with van der Waals surface area (Å²) in [5.74, 6) is -1.17. The van der Waals surface area contributed by atoms with Crippen molar-refractivity contribution in [1.82, 2.24) is 19.9 Å². The van der Waals surface area contributed by atoms with E-state index in [0.29, 0.717) is 10.4 Å².